The van der Waals surface area contributed by atoms with E-state index >= 15 is 0 Å². The summed E-state index contributed by atoms with van der Waals surface area (Å²) in [7, 11) is 1.25. The van der Waals surface area contributed by atoms with Crippen LogP contribution >= 0.6 is 0 Å². The number of ether oxygens (including phenoxy) is 1. The number of rotatable bonds is 25. The number of Topliss-reactive ketones (excluding diaryl/α,β-unsaturated/α-hetero) is 1. The first-order chi connectivity index (χ1) is 26.2. The van der Waals surface area contributed by atoms with Crippen LogP contribution in [0.4, 0.5) is 0 Å². The molecule has 314 valence electrons. The number of carbonyl (C=O) groups excluding carboxylic acids is 8. The molecule has 0 unspecified atom stereocenters. The summed E-state index contributed by atoms with van der Waals surface area (Å²) in [6, 6.07) is -8.14. The van der Waals surface area contributed by atoms with E-state index in [1.54, 1.807) is 20.8 Å². The highest BCUT2D eigenvalue weighted by atomic mass is 16.5. The van der Waals surface area contributed by atoms with Crippen LogP contribution in [0, 0.1) is 5.92 Å². The number of nitrogens with zero attached hydrogens (tertiary/aromatic N) is 1. The Kier molecular flexibility index (Phi) is 20.7. The van der Waals surface area contributed by atoms with Crippen molar-refractivity contribution in [1.82, 2.24) is 36.8 Å². The van der Waals surface area contributed by atoms with E-state index in [1.807, 2.05) is 5.32 Å². The van der Waals surface area contributed by atoms with Crippen LogP contribution in [0.5, 0.6) is 0 Å². The molecule has 6 atom stereocenters. The van der Waals surface area contributed by atoms with Crippen LogP contribution in [-0.4, -0.2) is 148 Å². The van der Waals surface area contributed by atoms with Crippen molar-refractivity contribution >= 4 is 65.0 Å². The first-order valence-electron chi connectivity index (χ1n) is 18.0. The maximum Gasteiger partial charge on any atom is 0.322 e. The second-order valence-electron chi connectivity index (χ2n) is 13.4. The molecule has 0 aromatic carbocycles. The van der Waals surface area contributed by atoms with E-state index in [0.29, 0.717) is 12.8 Å². The molecule has 22 heteroatoms. The molecule has 0 aromatic heterocycles. The van der Waals surface area contributed by atoms with Gasteiger partial charge in [0.25, 0.3) is 5.91 Å². The van der Waals surface area contributed by atoms with Crippen molar-refractivity contribution in [3.05, 3.63) is 0 Å². The molecular weight excluding hydrogens is 746 g/mol. The Morgan fingerprint density at radius 2 is 1.27 bits per heavy atom. The number of likely N-dealkylation sites (tertiary alicyclic amines) is 1. The molecule has 7 amide bonds. The average Bonchev–Trinajstić information content (AvgIpc) is 3.61. The Bertz CT molecular complexity index is 1490. The maximum atomic E-state index is 13.8. The number of amides is 7. The van der Waals surface area contributed by atoms with E-state index in [9.17, 15) is 57.8 Å². The van der Waals surface area contributed by atoms with Gasteiger partial charge in [-0.1, -0.05) is 27.2 Å². The highest BCUT2D eigenvalue weighted by Gasteiger charge is 2.40. The second kappa shape index (κ2) is 24.0. The molecule has 0 saturated carbocycles. The molecule has 1 fully saturated rings. The van der Waals surface area contributed by atoms with Crippen LogP contribution in [0.2, 0.25) is 0 Å². The number of aliphatic carboxylic acids is 3. The first-order valence-corrected chi connectivity index (χ1v) is 18.0. The fourth-order valence-corrected chi connectivity index (χ4v) is 5.71. The van der Waals surface area contributed by atoms with E-state index in [0.717, 1.165) is 6.92 Å². The lowest BCUT2D eigenvalue weighted by atomic mass is 10.0. The van der Waals surface area contributed by atoms with Crippen LogP contribution in [0.1, 0.15) is 79.1 Å². The highest BCUT2D eigenvalue weighted by Crippen LogP contribution is 2.20. The minimum absolute atomic E-state index is 0.0395. The summed E-state index contributed by atoms with van der Waals surface area (Å²) in [5.41, 5.74) is 0. The quantitative estimate of drug-likeness (QED) is 0.0416. The van der Waals surface area contributed by atoms with Gasteiger partial charge in [0.05, 0.1) is 12.6 Å². The van der Waals surface area contributed by atoms with Crippen molar-refractivity contribution in [2.75, 3.05) is 26.8 Å². The molecule has 0 spiro atoms. The van der Waals surface area contributed by atoms with Gasteiger partial charge in [-0.3, -0.25) is 52.7 Å². The summed E-state index contributed by atoms with van der Waals surface area (Å²) < 4.78 is 5.17. The van der Waals surface area contributed by atoms with Crippen molar-refractivity contribution < 1.29 is 72.8 Å². The topological polar surface area (TPSA) is 333 Å². The van der Waals surface area contributed by atoms with Gasteiger partial charge in [-0.05, 0) is 38.0 Å². The van der Waals surface area contributed by atoms with Crippen molar-refractivity contribution in [3.8, 4) is 0 Å². The molecule has 9 N–H and O–H groups in total. The van der Waals surface area contributed by atoms with E-state index in [4.69, 9.17) is 14.9 Å². The Morgan fingerprint density at radius 3 is 1.77 bits per heavy atom. The van der Waals surface area contributed by atoms with Gasteiger partial charge < -0.3 is 56.9 Å². The van der Waals surface area contributed by atoms with E-state index in [1.165, 1.54) is 12.0 Å². The number of ketones is 1. The third kappa shape index (κ3) is 16.4. The Balaban J connectivity index is 3.21. The monoisotopic (exact) mass is 799 g/mol. The normalized spacial score (nSPS) is 16.2. The van der Waals surface area contributed by atoms with E-state index < -0.39 is 133 Å². The third-order valence-corrected chi connectivity index (χ3v) is 8.49. The van der Waals surface area contributed by atoms with Gasteiger partial charge in [0.2, 0.25) is 41.2 Å². The summed E-state index contributed by atoms with van der Waals surface area (Å²) in [5, 5.41) is 41.1. The van der Waals surface area contributed by atoms with Crippen LogP contribution in [-0.2, 0) is 57.5 Å². The summed E-state index contributed by atoms with van der Waals surface area (Å²) in [6.45, 7) is 4.76. The Labute approximate surface area is 322 Å². The van der Waals surface area contributed by atoms with Gasteiger partial charge in [0.1, 0.15) is 36.8 Å². The molecular formula is C34H53N7O15. The second-order valence-corrected chi connectivity index (χ2v) is 13.4. The fourth-order valence-electron chi connectivity index (χ4n) is 5.71. The predicted molar refractivity (Wildman–Crippen MR) is 191 cm³/mol. The van der Waals surface area contributed by atoms with Crippen LogP contribution < -0.4 is 31.9 Å². The average molecular weight is 800 g/mol. The number of hydrogen-bond acceptors (Lipinski definition) is 12. The molecule has 1 aliphatic heterocycles. The van der Waals surface area contributed by atoms with Gasteiger partial charge in [0.15, 0.2) is 0 Å². The zero-order chi connectivity index (χ0) is 42.7. The zero-order valence-electron chi connectivity index (χ0n) is 32.0. The van der Waals surface area contributed by atoms with Crippen molar-refractivity contribution in [2.45, 2.75) is 115 Å². The van der Waals surface area contributed by atoms with Gasteiger partial charge in [-0.2, -0.15) is 0 Å². The summed E-state index contributed by atoms with van der Waals surface area (Å²) in [6.07, 6.45) is -0.989. The third-order valence-electron chi connectivity index (χ3n) is 8.49. The minimum Gasteiger partial charge on any atom is -0.481 e. The van der Waals surface area contributed by atoms with Crippen molar-refractivity contribution in [3.63, 3.8) is 0 Å². The first kappa shape index (κ1) is 48.3. The van der Waals surface area contributed by atoms with Gasteiger partial charge >= 0.3 is 17.9 Å². The minimum atomic E-state index is -1.55. The molecule has 0 aliphatic carbocycles. The van der Waals surface area contributed by atoms with Crippen LogP contribution in [0.25, 0.3) is 0 Å². The molecule has 1 aliphatic rings. The lowest BCUT2D eigenvalue weighted by Gasteiger charge is -2.31. The van der Waals surface area contributed by atoms with E-state index in [-0.39, 0.29) is 32.4 Å². The molecule has 56 heavy (non-hydrogen) atoms. The molecule has 22 nitrogen and oxygen atoms in total. The van der Waals surface area contributed by atoms with Crippen molar-refractivity contribution in [1.29, 1.82) is 0 Å². The lowest BCUT2D eigenvalue weighted by Crippen LogP contribution is -2.61. The number of methoxy groups -OCH3 is 1. The Morgan fingerprint density at radius 1 is 0.714 bits per heavy atom. The number of carboxylic acid groups (broad SMARTS) is 3. The summed E-state index contributed by atoms with van der Waals surface area (Å²) in [4.78, 5) is 138. The molecule has 1 saturated heterocycles. The van der Waals surface area contributed by atoms with Gasteiger partial charge in [0, 0.05) is 33.4 Å². The number of carboxylic acids is 3. The molecule has 1 heterocycles. The smallest absolute Gasteiger partial charge is 0.322 e. The number of carbonyl (C=O) groups is 11. The highest BCUT2D eigenvalue weighted by molar-refractivity contribution is 6.38. The summed E-state index contributed by atoms with van der Waals surface area (Å²) >= 11 is 0. The molecule has 0 bridgehead atoms. The van der Waals surface area contributed by atoms with Crippen LogP contribution in [0.15, 0.2) is 0 Å². The molecule has 1 rings (SSSR count). The fraction of sp³-hybridized carbons (Fsp3) is 0.676. The summed E-state index contributed by atoms with van der Waals surface area (Å²) in [5.74, 6) is -11.9. The largest absolute Gasteiger partial charge is 0.481 e. The maximum absolute atomic E-state index is 13.8. The number of hydrogen-bond donors (Lipinski definition) is 9. The van der Waals surface area contributed by atoms with Gasteiger partial charge in [-0.25, -0.2) is 0 Å². The number of nitrogens with one attached hydrogen (secondary N) is 6. The lowest BCUT2D eigenvalue weighted by molar-refractivity contribution is -0.145. The van der Waals surface area contributed by atoms with E-state index in [2.05, 4.69) is 26.6 Å². The van der Waals surface area contributed by atoms with Crippen molar-refractivity contribution in [2.24, 2.45) is 5.92 Å². The van der Waals surface area contributed by atoms with Crippen LogP contribution in [0.3, 0.4) is 0 Å². The zero-order valence-corrected chi connectivity index (χ0v) is 32.0. The van der Waals surface area contributed by atoms with Gasteiger partial charge in [-0.15, -0.1) is 0 Å². The predicted octanol–water partition coefficient (Wildman–Crippen LogP) is -2.98. The molecule has 0 radical (unpaired) electrons. The Hall–Kier alpha value is -5.67. The SMILES string of the molecule is CCC[C@H](NC(=O)[C@@H]1CCCN1C(=O)[C@H](COC)NC(=O)[C@@H](NC(=O)[C@H](CCC(=O)O)NC(=O)[C@H](CCC(=O)O)NC(C)=O)C(C)C)C(=O)C(=O)NCC(=O)O. The molecule has 0 aromatic rings. The standard InChI is InChI=1S/C34H53N7O15/c1-6-8-19(28(49)33(54)35-15-26(47)48)37-31(52)23-9-7-14-41(23)34(55)22(16-56-5)39-32(53)27(17(2)3)40-30(51)21(11-13-25(45)46)38-29(50)20(36-18(4)42)10-12-24(43)44/h17,19-23,27H,6-16H2,1-5H3,(H,35,54)(H,36,42)(H,37,52)(H,38,50)(H,39,53)(H,40,51)(H,43,44)(H,45,46)(H,47,48)/t19-,20-,21-,22-,23-,27-/m0/s1.